The van der Waals surface area contributed by atoms with Crippen LogP contribution in [0.15, 0.2) is 84.9 Å². The number of carbonyl (C=O) groups excluding carboxylic acids is 1. The number of amides is 1. The van der Waals surface area contributed by atoms with Crippen molar-refractivity contribution in [2.75, 3.05) is 23.4 Å². The van der Waals surface area contributed by atoms with Crippen LogP contribution in [0.3, 0.4) is 0 Å². The Bertz CT molecular complexity index is 902. The van der Waals surface area contributed by atoms with Gasteiger partial charge in [-0.3, -0.25) is 4.79 Å². The fourth-order valence-electron chi connectivity index (χ4n) is 2.99. The minimum absolute atomic E-state index is 0.0623. The molecule has 0 saturated carbocycles. The average Bonchev–Trinajstić information content (AvgIpc) is 2.78. The maximum absolute atomic E-state index is 12.5. The molecule has 0 aliphatic carbocycles. The largest absolute Gasteiger partial charge is 0.433 e. The highest BCUT2D eigenvalue weighted by Crippen LogP contribution is 2.27. The van der Waals surface area contributed by atoms with Gasteiger partial charge >= 0.3 is 6.61 Å². The van der Waals surface area contributed by atoms with Gasteiger partial charge in [-0.1, -0.05) is 72.8 Å². The van der Waals surface area contributed by atoms with Gasteiger partial charge in [-0.25, -0.2) is 0 Å². The van der Waals surface area contributed by atoms with Gasteiger partial charge in [-0.2, -0.15) is 8.78 Å². The van der Waals surface area contributed by atoms with E-state index in [1.54, 1.807) is 12.1 Å². The number of alkyl halides is 2. The van der Waals surface area contributed by atoms with Crippen LogP contribution >= 0.6 is 11.8 Å². The summed E-state index contributed by atoms with van der Waals surface area (Å²) in [6.07, 6.45) is -0.185. The first-order valence-electron chi connectivity index (χ1n) is 9.76. The summed E-state index contributed by atoms with van der Waals surface area (Å²) in [5.74, 6) is 0.428. The molecule has 1 amide bonds. The molecule has 3 aromatic carbocycles. The van der Waals surface area contributed by atoms with Gasteiger partial charge in [-0.05, 0) is 23.3 Å². The van der Waals surface area contributed by atoms with Crippen LogP contribution in [0.5, 0.6) is 5.75 Å². The lowest BCUT2D eigenvalue weighted by atomic mass is 10.0. The number of hydrogen-bond acceptors (Lipinski definition) is 4. The van der Waals surface area contributed by atoms with Crippen LogP contribution in [0, 0.1) is 0 Å². The Hall–Kier alpha value is -2.90. The molecular weight excluding hydrogens is 420 g/mol. The number of anilines is 1. The molecule has 31 heavy (non-hydrogen) atoms. The Morgan fingerprint density at radius 2 is 1.45 bits per heavy atom. The molecule has 0 aliphatic rings. The highest BCUT2D eigenvalue weighted by atomic mass is 32.2. The van der Waals surface area contributed by atoms with E-state index in [4.69, 9.17) is 4.74 Å². The molecule has 0 aliphatic heterocycles. The summed E-state index contributed by atoms with van der Waals surface area (Å²) in [4.78, 5) is 12.2. The number of ether oxygens (including phenoxy) is 2. The zero-order chi connectivity index (χ0) is 21.9. The van der Waals surface area contributed by atoms with Crippen molar-refractivity contribution >= 4 is 23.4 Å². The van der Waals surface area contributed by atoms with Crippen molar-refractivity contribution in [1.82, 2.24) is 0 Å². The van der Waals surface area contributed by atoms with Crippen molar-refractivity contribution in [3.63, 3.8) is 0 Å². The van der Waals surface area contributed by atoms with Crippen molar-refractivity contribution in [3.8, 4) is 5.75 Å². The van der Waals surface area contributed by atoms with Gasteiger partial charge in [0, 0.05) is 5.75 Å². The third-order valence-electron chi connectivity index (χ3n) is 4.33. The van der Waals surface area contributed by atoms with Gasteiger partial charge in [-0.15, -0.1) is 11.8 Å². The smallest absolute Gasteiger partial charge is 0.387 e. The average molecular weight is 444 g/mol. The van der Waals surface area contributed by atoms with Crippen molar-refractivity contribution < 1.29 is 23.0 Å². The fraction of sp³-hybridized carbons (Fsp3) is 0.208. The lowest BCUT2D eigenvalue weighted by molar-refractivity contribution is -0.113. The van der Waals surface area contributed by atoms with E-state index in [1.807, 2.05) is 60.7 Å². The van der Waals surface area contributed by atoms with E-state index in [9.17, 15) is 13.6 Å². The number of nitrogens with one attached hydrogen (secondary N) is 1. The van der Waals surface area contributed by atoms with E-state index in [-0.39, 0.29) is 29.2 Å². The zero-order valence-electron chi connectivity index (χ0n) is 16.7. The second kappa shape index (κ2) is 12.1. The Morgan fingerprint density at radius 1 is 0.871 bits per heavy atom. The van der Waals surface area contributed by atoms with Crippen LogP contribution in [0.1, 0.15) is 17.2 Å². The van der Waals surface area contributed by atoms with Crippen LogP contribution in [0.4, 0.5) is 14.5 Å². The SMILES string of the molecule is O=C(CSCCOC(c1ccccc1)c1ccccc1)Nc1ccccc1OC(F)F. The summed E-state index contributed by atoms with van der Waals surface area (Å²) in [5.41, 5.74) is 2.34. The maximum Gasteiger partial charge on any atom is 0.387 e. The van der Waals surface area contributed by atoms with Crippen LogP contribution in [0.25, 0.3) is 0 Å². The van der Waals surface area contributed by atoms with Gasteiger partial charge in [0.15, 0.2) is 0 Å². The number of hydrogen-bond donors (Lipinski definition) is 1. The van der Waals surface area contributed by atoms with Crippen molar-refractivity contribution in [1.29, 1.82) is 0 Å². The van der Waals surface area contributed by atoms with Crippen LogP contribution in [-0.2, 0) is 9.53 Å². The third kappa shape index (κ3) is 7.38. The summed E-state index contributed by atoms with van der Waals surface area (Å²) in [6, 6.07) is 26.0. The summed E-state index contributed by atoms with van der Waals surface area (Å²) >= 11 is 1.41. The lowest BCUT2D eigenvalue weighted by Gasteiger charge is -2.19. The molecule has 0 fully saturated rings. The van der Waals surface area contributed by atoms with Crippen LogP contribution in [0.2, 0.25) is 0 Å². The normalized spacial score (nSPS) is 11.0. The Kier molecular flexibility index (Phi) is 8.87. The highest BCUT2D eigenvalue weighted by molar-refractivity contribution is 7.99. The summed E-state index contributed by atoms with van der Waals surface area (Å²) in [5, 5.41) is 2.61. The van der Waals surface area contributed by atoms with E-state index in [2.05, 4.69) is 10.1 Å². The Morgan fingerprint density at radius 3 is 2.06 bits per heavy atom. The molecule has 3 aromatic rings. The minimum Gasteiger partial charge on any atom is -0.433 e. The fourth-order valence-corrected chi connectivity index (χ4v) is 3.60. The highest BCUT2D eigenvalue weighted by Gasteiger charge is 2.15. The van der Waals surface area contributed by atoms with Crippen LogP contribution in [-0.4, -0.2) is 30.6 Å². The summed E-state index contributed by atoms with van der Waals surface area (Å²) in [6.45, 7) is -2.50. The number of halogens is 2. The molecule has 0 heterocycles. The first-order chi connectivity index (χ1) is 15.1. The molecule has 3 rings (SSSR count). The molecule has 0 radical (unpaired) electrons. The standard InChI is InChI=1S/C24H23F2NO3S/c25-24(26)30-21-14-8-7-13-20(21)27-22(28)17-31-16-15-29-23(18-9-3-1-4-10-18)19-11-5-2-6-12-19/h1-14,23-24H,15-17H2,(H,27,28). The number of rotatable bonds is 11. The molecular formula is C24H23F2NO3S. The first-order valence-corrected chi connectivity index (χ1v) is 10.9. The van der Waals surface area contributed by atoms with Crippen LogP contribution < -0.4 is 10.1 Å². The maximum atomic E-state index is 12.5. The van der Waals surface area contributed by atoms with E-state index in [1.165, 1.54) is 23.9 Å². The van der Waals surface area contributed by atoms with Gasteiger partial charge in [0.05, 0.1) is 18.0 Å². The summed E-state index contributed by atoms with van der Waals surface area (Å²) < 4.78 is 35.5. The number of thioether (sulfide) groups is 1. The Balaban J connectivity index is 1.47. The van der Waals surface area contributed by atoms with E-state index in [0.717, 1.165) is 11.1 Å². The molecule has 0 spiro atoms. The molecule has 0 aromatic heterocycles. The molecule has 0 saturated heterocycles. The molecule has 7 heteroatoms. The molecule has 0 bridgehead atoms. The second-order valence-corrected chi connectivity index (χ2v) is 7.65. The number of carbonyl (C=O) groups is 1. The molecule has 0 unspecified atom stereocenters. The van der Waals surface area contributed by atoms with E-state index < -0.39 is 6.61 Å². The van der Waals surface area contributed by atoms with Gasteiger partial charge < -0.3 is 14.8 Å². The lowest BCUT2D eigenvalue weighted by Crippen LogP contribution is -2.16. The minimum atomic E-state index is -2.95. The van der Waals surface area contributed by atoms with Crippen molar-refractivity contribution in [2.24, 2.45) is 0 Å². The van der Waals surface area contributed by atoms with Gasteiger partial charge in [0.25, 0.3) is 0 Å². The van der Waals surface area contributed by atoms with Gasteiger partial charge in [0.2, 0.25) is 5.91 Å². The second-order valence-electron chi connectivity index (χ2n) is 6.55. The quantitative estimate of drug-likeness (QED) is 0.383. The Labute approximate surface area is 184 Å². The van der Waals surface area contributed by atoms with Crippen molar-refractivity contribution in [3.05, 3.63) is 96.1 Å². The van der Waals surface area contributed by atoms with E-state index in [0.29, 0.717) is 12.4 Å². The third-order valence-corrected chi connectivity index (χ3v) is 5.25. The molecule has 1 N–H and O–H groups in total. The van der Waals surface area contributed by atoms with E-state index >= 15 is 0 Å². The molecule has 162 valence electrons. The number of benzene rings is 3. The van der Waals surface area contributed by atoms with Crippen molar-refractivity contribution in [2.45, 2.75) is 12.7 Å². The first kappa shape index (κ1) is 22.8. The molecule has 0 atom stereocenters. The monoisotopic (exact) mass is 443 g/mol. The zero-order valence-corrected chi connectivity index (χ0v) is 17.6. The molecule has 4 nitrogen and oxygen atoms in total. The van der Waals surface area contributed by atoms with Gasteiger partial charge in [0.1, 0.15) is 11.9 Å². The summed E-state index contributed by atoms with van der Waals surface area (Å²) in [7, 11) is 0. The predicted octanol–water partition coefficient (Wildman–Crippen LogP) is 5.77. The predicted molar refractivity (Wildman–Crippen MR) is 120 cm³/mol. The number of para-hydroxylation sites is 2. The topological polar surface area (TPSA) is 47.6 Å².